The highest BCUT2D eigenvalue weighted by Crippen LogP contribution is 2.29. The van der Waals surface area contributed by atoms with Crippen molar-refractivity contribution in [2.45, 2.75) is 39.0 Å². The van der Waals surface area contributed by atoms with Gasteiger partial charge in [-0.25, -0.2) is 9.97 Å². The standard InChI is InChI=1S/C14H18F3N5S2.HI/c1-8(2)9-6-23-11(21-9)4-19-13(18-3)20-5-12-22-10(7-24-12)14(15,16)17;/h6-8H,4-5H2,1-3H3,(H2,18,19,20);1H. The maximum atomic E-state index is 12.5. The van der Waals surface area contributed by atoms with Gasteiger partial charge in [0.1, 0.15) is 10.0 Å². The number of hydrogen-bond donors (Lipinski definition) is 2. The zero-order chi connectivity index (χ0) is 17.7. The number of thiazole rings is 2. The molecule has 25 heavy (non-hydrogen) atoms. The summed E-state index contributed by atoms with van der Waals surface area (Å²) in [4.78, 5) is 12.1. The van der Waals surface area contributed by atoms with E-state index in [-0.39, 0.29) is 30.5 Å². The number of aromatic nitrogens is 2. The number of hydrogen-bond acceptors (Lipinski definition) is 5. The fourth-order valence-electron chi connectivity index (χ4n) is 1.73. The van der Waals surface area contributed by atoms with Crippen LogP contribution in [0.3, 0.4) is 0 Å². The van der Waals surface area contributed by atoms with E-state index in [0.717, 1.165) is 27.4 Å². The first-order valence-corrected chi connectivity index (χ1v) is 8.96. The highest BCUT2D eigenvalue weighted by Gasteiger charge is 2.33. The Balaban J connectivity index is 0.00000312. The predicted molar refractivity (Wildman–Crippen MR) is 106 cm³/mol. The molecule has 2 heterocycles. The Morgan fingerprint density at radius 2 is 1.68 bits per heavy atom. The lowest BCUT2D eigenvalue weighted by molar-refractivity contribution is -0.140. The lowest BCUT2D eigenvalue weighted by Crippen LogP contribution is -2.36. The van der Waals surface area contributed by atoms with Gasteiger partial charge in [-0.3, -0.25) is 4.99 Å². The summed E-state index contributed by atoms with van der Waals surface area (Å²) in [5, 5.41) is 10.3. The van der Waals surface area contributed by atoms with Gasteiger partial charge >= 0.3 is 6.18 Å². The first kappa shape index (κ1) is 22.1. The van der Waals surface area contributed by atoms with Gasteiger partial charge in [-0.15, -0.1) is 46.7 Å². The Labute approximate surface area is 169 Å². The minimum absolute atomic E-state index is 0. The van der Waals surface area contributed by atoms with Gasteiger partial charge < -0.3 is 10.6 Å². The molecule has 0 unspecified atom stereocenters. The molecular weight excluding hydrogens is 486 g/mol. The summed E-state index contributed by atoms with van der Waals surface area (Å²) in [6, 6.07) is 0. The molecule has 11 heteroatoms. The molecule has 0 aliphatic rings. The number of guanidine groups is 1. The topological polar surface area (TPSA) is 62.2 Å². The second kappa shape index (κ2) is 9.67. The minimum Gasteiger partial charge on any atom is -0.350 e. The summed E-state index contributed by atoms with van der Waals surface area (Å²) < 4.78 is 37.5. The van der Waals surface area contributed by atoms with E-state index in [0.29, 0.717) is 23.4 Å². The van der Waals surface area contributed by atoms with Crippen LogP contribution >= 0.6 is 46.7 Å². The van der Waals surface area contributed by atoms with Crippen molar-refractivity contribution in [1.82, 2.24) is 20.6 Å². The second-order valence-corrected chi connectivity index (χ2v) is 7.11. The third-order valence-electron chi connectivity index (χ3n) is 3.04. The van der Waals surface area contributed by atoms with E-state index in [2.05, 4.69) is 39.4 Å². The lowest BCUT2D eigenvalue weighted by Gasteiger charge is -2.09. The fraction of sp³-hybridized carbons (Fsp3) is 0.500. The van der Waals surface area contributed by atoms with Gasteiger partial charge in [0, 0.05) is 17.8 Å². The van der Waals surface area contributed by atoms with Crippen LogP contribution in [-0.4, -0.2) is 23.0 Å². The van der Waals surface area contributed by atoms with E-state index in [4.69, 9.17) is 0 Å². The molecule has 0 saturated carbocycles. The van der Waals surface area contributed by atoms with Gasteiger partial charge in [0.15, 0.2) is 11.7 Å². The normalized spacial score (nSPS) is 12.2. The molecule has 2 aromatic heterocycles. The van der Waals surface area contributed by atoms with Crippen LogP contribution in [0.2, 0.25) is 0 Å². The van der Waals surface area contributed by atoms with E-state index in [1.807, 2.05) is 5.38 Å². The van der Waals surface area contributed by atoms with Gasteiger partial charge in [-0.2, -0.15) is 13.2 Å². The molecule has 0 amide bonds. The van der Waals surface area contributed by atoms with Crippen molar-refractivity contribution in [3.63, 3.8) is 0 Å². The molecule has 0 atom stereocenters. The first-order valence-electron chi connectivity index (χ1n) is 7.20. The third kappa shape index (κ3) is 6.70. The average Bonchev–Trinajstić information content (AvgIpc) is 3.16. The van der Waals surface area contributed by atoms with Crippen molar-refractivity contribution >= 4 is 52.6 Å². The van der Waals surface area contributed by atoms with Gasteiger partial charge in [0.2, 0.25) is 0 Å². The van der Waals surface area contributed by atoms with E-state index < -0.39 is 11.9 Å². The molecule has 2 N–H and O–H groups in total. The van der Waals surface area contributed by atoms with E-state index >= 15 is 0 Å². The van der Waals surface area contributed by atoms with Gasteiger partial charge in [-0.1, -0.05) is 13.8 Å². The molecule has 0 bridgehead atoms. The maximum Gasteiger partial charge on any atom is 0.434 e. The second-order valence-electron chi connectivity index (χ2n) is 5.22. The smallest absolute Gasteiger partial charge is 0.350 e. The fourth-order valence-corrected chi connectivity index (χ4v) is 3.37. The van der Waals surface area contributed by atoms with E-state index in [9.17, 15) is 13.2 Å². The van der Waals surface area contributed by atoms with Crippen LogP contribution in [0.15, 0.2) is 15.8 Å². The van der Waals surface area contributed by atoms with Crippen LogP contribution in [-0.2, 0) is 19.3 Å². The predicted octanol–water partition coefficient (Wildman–Crippen LogP) is 4.23. The van der Waals surface area contributed by atoms with Crippen LogP contribution in [0, 0.1) is 0 Å². The Hall–Kier alpha value is -0.950. The molecule has 0 radical (unpaired) electrons. The Bertz CT molecular complexity index is 697. The molecule has 140 valence electrons. The number of aliphatic imine (C=N–C) groups is 1. The van der Waals surface area contributed by atoms with Gasteiger partial charge in [-0.05, 0) is 5.92 Å². The van der Waals surface area contributed by atoms with E-state index in [1.165, 1.54) is 0 Å². The molecule has 2 rings (SSSR count). The van der Waals surface area contributed by atoms with Crippen LogP contribution in [0.4, 0.5) is 13.2 Å². The highest BCUT2D eigenvalue weighted by atomic mass is 127. The quantitative estimate of drug-likeness (QED) is 0.363. The molecule has 0 aromatic carbocycles. The van der Waals surface area contributed by atoms with Crippen molar-refractivity contribution in [1.29, 1.82) is 0 Å². The molecular formula is C14H19F3IN5S2. The largest absolute Gasteiger partial charge is 0.434 e. The minimum atomic E-state index is -4.41. The summed E-state index contributed by atoms with van der Waals surface area (Å²) in [5.41, 5.74) is 0.179. The highest BCUT2D eigenvalue weighted by molar-refractivity contribution is 14.0. The molecule has 0 saturated heterocycles. The lowest BCUT2D eigenvalue weighted by atomic mass is 10.2. The number of alkyl halides is 3. The Morgan fingerprint density at radius 1 is 1.12 bits per heavy atom. The summed E-state index contributed by atoms with van der Waals surface area (Å²) in [5.74, 6) is 0.861. The molecule has 2 aromatic rings. The SMILES string of the molecule is CN=C(NCc1nc(C(C)C)cs1)NCc1nc(C(F)(F)F)cs1.I. The van der Waals surface area contributed by atoms with Gasteiger partial charge in [0.05, 0.1) is 18.8 Å². The van der Waals surface area contributed by atoms with Crippen LogP contribution < -0.4 is 10.6 Å². The Morgan fingerprint density at radius 3 is 2.12 bits per heavy atom. The molecule has 5 nitrogen and oxygen atoms in total. The average molecular weight is 505 g/mol. The molecule has 0 aliphatic carbocycles. The maximum absolute atomic E-state index is 12.5. The van der Waals surface area contributed by atoms with Crippen molar-refractivity contribution in [3.8, 4) is 0 Å². The number of nitrogens with zero attached hydrogens (tertiary/aromatic N) is 3. The van der Waals surface area contributed by atoms with Crippen LogP contribution in [0.1, 0.15) is 41.2 Å². The van der Waals surface area contributed by atoms with E-state index in [1.54, 1.807) is 18.4 Å². The van der Waals surface area contributed by atoms with Crippen molar-refractivity contribution < 1.29 is 13.2 Å². The number of rotatable bonds is 5. The van der Waals surface area contributed by atoms with Crippen LogP contribution in [0.25, 0.3) is 0 Å². The first-order chi connectivity index (χ1) is 11.3. The zero-order valence-corrected chi connectivity index (χ0v) is 17.8. The molecule has 0 aliphatic heterocycles. The van der Waals surface area contributed by atoms with Crippen LogP contribution in [0.5, 0.6) is 0 Å². The van der Waals surface area contributed by atoms with Crippen molar-refractivity contribution in [2.24, 2.45) is 4.99 Å². The summed E-state index contributed by atoms with van der Waals surface area (Å²) in [6.07, 6.45) is -4.41. The number of nitrogens with one attached hydrogen (secondary N) is 2. The summed E-state index contributed by atoms with van der Waals surface area (Å²) in [7, 11) is 1.60. The van der Waals surface area contributed by atoms with Crippen molar-refractivity contribution in [2.75, 3.05) is 7.05 Å². The number of halogens is 4. The monoisotopic (exact) mass is 505 g/mol. The van der Waals surface area contributed by atoms with Crippen molar-refractivity contribution in [3.05, 3.63) is 32.2 Å². The van der Waals surface area contributed by atoms with Gasteiger partial charge in [0.25, 0.3) is 0 Å². The summed E-state index contributed by atoms with van der Waals surface area (Å²) >= 11 is 2.52. The third-order valence-corrected chi connectivity index (χ3v) is 4.76. The molecule has 0 spiro atoms. The zero-order valence-electron chi connectivity index (χ0n) is 13.8. The Kier molecular flexibility index (Phi) is 8.54. The summed E-state index contributed by atoms with van der Waals surface area (Å²) in [6.45, 7) is 4.84. The molecule has 0 fully saturated rings.